The highest BCUT2D eigenvalue weighted by Crippen LogP contribution is 2.27. The number of fused-ring (bicyclic) bond motifs is 3. The Bertz CT molecular complexity index is 841. The smallest absolute Gasteiger partial charge is 0.335 e. The summed E-state index contributed by atoms with van der Waals surface area (Å²) in [5.74, 6) is -0.607. The molecular weight excluding hydrogens is 272 g/mol. The molecule has 0 saturated heterocycles. The molecule has 2 heterocycles. The molecular formula is C14H14N4O3. The molecule has 0 aliphatic carbocycles. The molecule has 0 bridgehead atoms. The normalized spacial score (nSPS) is 11.3. The van der Waals surface area contributed by atoms with Crippen molar-refractivity contribution >= 4 is 33.6 Å². The van der Waals surface area contributed by atoms with Gasteiger partial charge in [0.25, 0.3) is 0 Å². The van der Waals surface area contributed by atoms with Gasteiger partial charge in [-0.15, -0.1) is 0 Å². The molecule has 3 N–H and O–H groups in total. The zero-order chi connectivity index (χ0) is 15.0. The molecule has 0 aliphatic rings. The van der Waals surface area contributed by atoms with E-state index in [2.05, 4.69) is 10.1 Å². The van der Waals surface area contributed by atoms with E-state index < -0.39 is 5.97 Å². The quantitative estimate of drug-likeness (QED) is 0.753. The van der Waals surface area contributed by atoms with Gasteiger partial charge < -0.3 is 15.6 Å². The van der Waals surface area contributed by atoms with Crippen molar-refractivity contribution in [2.45, 2.75) is 6.54 Å². The molecule has 0 unspecified atom stereocenters. The van der Waals surface area contributed by atoms with Crippen LogP contribution in [-0.4, -0.2) is 39.6 Å². The Morgan fingerprint density at radius 3 is 2.95 bits per heavy atom. The van der Waals surface area contributed by atoms with Crippen LogP contribution >= 0.6 is 0 Å². The number of hydrogen-bond donors (Lipinski definition) is 2. The number of methoxy groups -OCH3 is 1. The zero-order valence-corrected chi connectivity index (χ0v) is 11.4. The molecule has 108 valence electrons. The first-order valence-electron chi connectivity index (χ1n) is 6.39. The second-order valence-electron chi connectivity index (χ2n) is 4.68. The van der Waals surface area contributed by atoms with Crippen LogP contribution in [0.1, 0.15) is 10.4 Å². The van der Waals surface area contributed by atoms with Crippen LogP contribution in [0.15, 0.2) is 24.4 Å². The minimum absolute atomic E-state index is 0.196. The number of hydrogen-bond acceptors (Lipinski definition) is 5. The molecule has 21 heavy (non-hydrogen) atoms. The van der Waals surface area contributed by atoms with E-state index in [0.29, 0.717) is 40.8 Å². The Hall–Kier alpha value is -2.67. The Labute approximate surface area is 119 Å². The lowest BCUT2D eigenvalue weighted by molar-refractivity contribution is 0.0697. The highest BCUT2D eigenvalue weighted by molar-refractivity contribution is 6.09. The molecule has 3 aromatic rings. The summed E-state index contributed by atoms with van der Waals surface area (Å²) in [6, 6.07) is 4.72. The van der Waals surface area contributed by atoms with Crippen LogP contribution in [0, 0.1) is 0 Å². The molecule has 0 atom stereocenters. The molecule has 0 spiro atoms. The summed E-state index contributed by atoms with van der Waals surface area (Å²) in [5.41, 5.74) is 7.42. The van der Waals surface area contributed by atoms with Crippen LogP contribution < -0.4 is 5.73 Å². The van der Waals surface area contributed by atoms with Crippen LogP contribution in [0.5, 0.6) is 0 Å². The second-order valence-corrected chi connectivity index (χ2v) is 4.68. The lowest BCUT2D eigenvalue weighted by Gasteiger charge is -2.02. The summed E-state index contributed by atoms with van der Waals surface area (Å²) in [6.45, 7) is 1.12. The number of nitrogen functional groups attached to an aromatic ring is 1. The third kappa shape index (κ3) is 2.27. The first-order valence-corrected chi connectivity index (χ1v) is 6.39. The monoisotopic (exact) mass is 286 g/mol. The highest BCUT2D eigenvalue weighted by Gasteiger charge is 2.13. The average molecular weight is 286 g/mol. The lowest BCUT2D eigenvalue weighted by atomic mass is 10.1. The van der Waals surface area contributed by atoms with Crippen molar-refractivity contribution in [1.82, 2.24) is 14.8 Å². The molecule has 0 fully saturated rings. The topological polar surface area (TPSA) is 103 Å². The van der Waals surface area contributed by atoms with E-state index in [1.807, 2.05) is 0 Å². The first kappa shape index (κ1) is 13.3. The van der Waals surface area contributed by atoms with Gasteiger partial charge in [-0.05, 0) is 18.2 Å². The van der Waals surface area contributed by atoms with Crippen molar-refractivity contribution in [3.8, 4) is 0 Å². The predicted molar refractivity (Wildman–Crippen MR) is 78.3 cm³/mol. The van der Waals surface area contributed by atoms with Gasteiger partial charge in [0.15, 0.2) is 0 Å². The molecule has 0 radical (unpaired) electrons. The van der Waals surface area contributed by atoms with E-state index in [-0.39, 0.29) is 5.56 Å². The van der Waals surface area contributed by atoms with Crippen LogP contribution in [0.3, 0.4) is 0 Å². The number of nitrogens with zero attached hydrogens (tertiary/aromatic N) is 3. The number of carboxylic acids is 1. The third-order valence-electron chi connectivity index (χ3n) is 3.30. The lowest BCUT2D eigenvalue weighted by Crippen LogP contribution is -2.04. The summed E-state index contributed by atoms with van der Waals surface area (Å²) in [7, 11) is 1.62. The van der Waals surface area contributed by atoms with Gasteiger partial charge in [-0.25, -0.2) is 9.78 Å². The largest absolute Gasteiger partial charge is 0.478 e. The molecule has 0 aliphatic heterocycles. The van der Waals surface area contributed by atoms with Gasteiger partial charge in [-0.2, -0.15) is 5.10 Å². The maximum Gasteiger partial charge on any atom is 0.335 e. The van der Waals surface area contributed by atoms with Gasteiger partial charge in [0.2, 0.25) is 0 Å². The zero-order valence-electron chi connectivity index (χ0n) is 11.4. The van der Waals surface area contributed by atoms with Crippen LogP contribution in [0.25, 0.3) is 21.8 Å². The van der Waals surface area contributed by atoms with Crippen LogP contribution in [-0.2, 0) is 11.3 Å². The summed E-state index contributed by atoms with van der Waals surface area (Å²) >= 11 is 0. The molecule has 1 aromatic carbocycles. The highest BCUT2D eigenvalue weighted by atomic mass is 16.5. The summed E-state index contributed by atoms with van der Waals surface area (Å²) < 4.78 is 6.75. The Morgan fingerprint density at radius 2 is 2.24 bits per heavy atom. The standard InChI is InChI=1S/C14H14N4O3/c1-21-5-4-18-7-10-12(17-18)9-6-8(14(19)20)2-3-11(9)16-13(10)15/h2-3,6-7H,4-5H2,1H3,(H2,15,16)(H,19,20). The molecule has 2 aromatic heterocycles. The van der Waals surface area contributed by atoms with E-state index in [0.717, 1.165) is 0 Å². The fourth-order valence-corrected chi connectivity index (χ4v) is 2.25. The number of nitrogens with two attached hydrogens (primary N) is 1. The summed E-state index contributed by atoms with van der Waals surface area (Å²) in [4.78, 5) is 15.4. The first-order chi connectivity index (χ1) is 10.1. The molecule has 7 nitrogen and oxygen atoms in total. The van der Waals surface area contributed by atoms with Gasteiger partial charge in [-0.3, -0.25) is 4.68 Å². The maximum atomic E-state index is 11.1. The number of aromatic carboxylic acids is 1. The van der Waals surface area contributed by atoms with Crippen molar-refractivity contribution in [1.29, 1.82) is 0 Å². The van der Waals surface area contributed by atoms with E-state index in [1.165, 1.54) is 6.07 Å². The number of benzene rings is 1. The predicted octanol–water partition coefficient (Wildman–Crippen LogP) is 1.51. The van der Waals surface area contributed by atoms with Gasteiger partial charge in [0.05, 0.1) is 29.6 Å². The van der Waals surface area contributed by atoms with Gasteiger partial charge in [0.1, 0.15) is 11.3 Å². The van der Waals surface area contributed by atoms with E-state index in [1.54, 1.807) is 30.1 Å². The minimum Gasteiger partial charge on any atom is -0.478 e. The minimum atomic E-state index is -0.985. The molecule has 0 saturated carbocycles. The molecule has 0 amide bonds. The van der Waals surface area contributed by atoms with Gasteiger partial charge >= 0.3 is 5.97 Å². The Kier molecular flexibility index (Phi) is 3.19. The maximum absolute atomic E-state index is 11.1. The van der Waals surface area contributed by atoms with E-state index in [9.17, 15) is 4.79 Å². The van der Waals surface area contributed by atoms with Crippen molar-refractivity contribution in [3.05, 3.63) is 30.0 Å². The average Bonchev–Trinajstić information content (AvgIpc) is 2.89. The Balaban J connectivity index is 2.25. The number of carbonyl (C=O) groups is 1. The van der Waals surface area contributed by atoms with Crippen molar-refractivity contribution < 1.29 is 14.6 Å². The number of rotatable bonds is 4. The fraction of sp³-hybridized carbons (Fsp3) is 0.214. The van der Waals surface area contributed by atoms with Crippen LogP contribution in [0.2, 0.25) is 0 Å². The third-order valence-corrected chi connectivity index (χ3v) is 3.30. The molecule has 7 heteroatoms. The molecule has 3 rings (SSSR count). The summed E-state index contributed by atoms with van der Waals surface area (Å²) in [6.07, 6.45) is 1.80. The van der Waals surface area contributed by atoms with Crippen molar-refractivity contribution in [2.75, 3.05) is 19.5 Å². The summed E-state index contributed by atoms with van der Waals surface area (Å²) in [5, 5.41) is 15.0. The number of carboxylic acid groups (broad SMARTS) is 1. The number of aromatic nitrogens is 3. The van der Waals surface area contributed by atoms with E-state index in [4.69, 9.17) is 15.6 Å². The van der Waals surface area contributed by atoms with Gasteiger partial charge in [0, 0.05) is 18.7 Å². The Morgan fingerprint density at radius 1 is 1.43 bits per heavy atom. The van der Waals surface area contributed by atoms with Crippen molar-refractivity contribution in [3.63, 3.8) is 0 Å². The van der Waals surface area contributed by atoms with Crippen molar-refractivity contribution in [2.24, 2.45) is 0 Å². The SMILES string of the molecule is COCCn1cc2c(N)nc3ccc(C(=O)O)cc3c2n1. The van der Waals surface area contributed by atoms with Crippen LogP contribution in [0.4, 0.5) is 5.82 Å². The second kappa shape index (κ2) is 5.02. The number of ether oxygens (including phenoxy) is 1. The number of anilines is 1. The van der Waals surface area contributed by atoms with E-state index >= 15 is 0 Å². The fourth-order valence-electron chi connectivity index (χ4n) is 2.25. The number of pyridine rings is 1. The van der Waals surface area contributed by atoms with Gasteiger partial charge in [-0.1, -0.05) is 0 Å².